The van der Waals surface area contributed by atoms with Crippen LogP contribution < -0.4 is 5.32 Å². The van der Waals surface area contributed by atoms with E-state index >= 15 is 0 Å². The minimum atomic E-state index is 1.02. The third kappa shape index (κ3) is 2.66. The molecule has 1 aromatic rings. The zero-order chi connectivity index (χ0) is 8.81. The molecule has 0 bridgehead atoms. The van der Waals surface area contributed by atoms with E-state index in [1.165, 1.54) is 5.69 Å². The van der Waals surface area contributed by atoms with Gasteiger partial charge in [0.1, 0.15) is 0 Å². The van der Waals surface area contributed by atoms with Gasteiger partial charge in [-0.25, -0.2) is 0 Å². The summed E-state index contributed by atoms with van der Waals surface area (Å²) in [5.41, 5.74) is 1.24. The monoisotopic (exact) mass is 167 g/mol. The van der Waals surface area contributed by atoms with Gasteiger partial charge in [-0.1, -0.05) is 6.92 Å². The average Bonchev–Trinajstić information content (AvgIpc) is 2.46. The zero-order valence-corrected chi connectivity index (χ0v) is 7.88. The van der Waals surface area contributed by atoms with E-state index in [1.54, 1.807) is 0 Å². The van der Waals surface area contributed by atoms with E-state index in [4.69, 9.17) is 0 Å². The third-order valence-corrected chi connectivity index (χ3v) is 1.90. The normalized spacial score (nSPS) is 10.5. The molecule has 3 heteroatoms. The van der Waals surface area contributed by atoms with Crippen LogP contribution in [0.3, 0.4) is 0 Å². The Morgan fingerprint density at radius 3 is 3.00 bits per heavy atom. The quantitative estimate of drug-likeness (QED) is 0.668. The number of aromatic nitrogens is 2. The van der Waals surface area contributed by atoms with Crippen molar-refractivity contribution in [3.05, 3.63) is 18.0 Å². The number of rotatable bonds is 5. The van der Waals surface area contributed by atoms with Crippen LogP contribution in [0.15, 0.2) is 12.3 Å². The highest BCUT2D eigenvalue weighted by Gasteiger charge is 1.94. The molecule has 68 valence electrons. The van der Waals surface area contributed by atoms with Crippen molar-refractivity contribution < 1.29 is 0 Å². The molecule has 0 aliphatic heterocycles. The summed E-state index contributed by atoms with van der Waals surface area (Å²) < 4.78 is 2.04. The molecule has 0 spiro atoms. The van der Waals surface area contributed by atoms with Gasteiger partial charge in [-0.05, 0) is 32.5 Å². The largest absolute Gasteiger partial charge is 0.317 e. The Labute approximate surface area is 73.8 Å². The molecule has 0 amide bonds. The minimum absolute atomic E-state index is 1.02. The molecule has 0 atom stereocenters. The molecule has 1 aromatic heterocycles. The third-order valence-electron chi connectivity index (χ3n) is 1.90. The van der Waals surface area contributed by atoms with Crippen molar-refractivity contribution in [3.8, 4) is 0 Å². The maximum absolute atomic E-state index is 4.20. The highest BCUT2D eigenvalue weighted by atomic mass is 15.3. The summed E-state index contributed by atoms with van der Waals surface area (Å²) in [4.78, 5) is 0. The zero-order valence-electron chi connectivity index (χ0n) is 7.88. The molecule has 1 rings (SSSR count). The van der Waals surface area contributed by atoms with Gasteiger partial charge in [0.2, 0.25) is 0 Å². The molecule has 0 aliphatic rings. The summed E-state index contributed by atoms with van der Waals surface area (Å²) in [6.45, 7) is 7.36. The van der Waals surface area contributed by atoms with Gasteiger partial charge >= 0.3 is 0 Å². The van der Waals surface area contributed by atoms with E-state index < -0.39 is 0 Å². The van der Waals surface area contributed by atoms with Crippen LogP contribution in [0.1, 0.15) is 19.0 Å². The first-order valence-electron chi connectivity index (χ1n) is 4.53. The molecule has 3 nitrogen and oxygen atoms in total. The molecule has 0 fully saturated rings. The fraction of sp³-hybridized carbons (Fsp3) is 0.667. The maximum Gasteiger partial charge on any atom is 0.0492 e. The lowest BCUT2D eigenvalue weighted by molar-refractivity contribution is 0.540. The van der Waals surface area contributed by atoms with Crippen LogP contribution in [0.4, 0.5) is 0 Å². The van der Waals surface area contributed by atoms with Gasteiger partial charge in [0.25, 0.3) is 0 Å². The van der Waals surface area contributed by atoms with E-state index in [2.05, 4.69) is 24.3 Å². The Morgan fingerprint density at radius 2 is 2.42 bits per heavy atom. The summed E-state index contributed by atoms with van der Waals surface area (Å²) in [5, 5.41) is 7.49. The Morgan fingerprint density at radius 1 is 1.58 bits per heavy atom. The van der Waals surface area contributed by atoms with Gasteiger partial charge in [-0.3, -0.25) is 4.68 Å². The average molecular weight is 167 g/mol. The van der Waals surface area contributed by atoms with Crippen molar-refractivity contribution in [1.29, 1.82) is 0 Å². The second-order valence-electron chi connectivity index (χ2n) is 2.90. The predicted octanol–water partition coefficient (Wildman–Crippen LogP) is 1.19. The first-order chi connectivity index (χ1) is 5.84. The molecule has 0 aliphatic carbocycles. The van der Waals surface area contributed by atoms with Crippen molar-refractivity contribution in [2.45, 2.75) is 26.8 Å². The highest BCUT2D eigenvalue weighted by Crippen LogP contribution is 1.96. The van der Waals surface area contributed by atoms with E-state index in [-0.39, 0.29) is 0 Å². The van der Waals surface area contributed by atoms with E-state index in [0.29, 0.717) is 0 Å². The molecule has 0 unspecified atom stereocenters. The molecule has 1 N–H and O–H groups in total. The molecule has 12 heavy (non-hydrogen) atoms. The smallest absolute Gasteiger partial charge is 0.0492 e. The molecular formula is C9H17N3. The lowest BCUT2D eigenvalue weighted by atomic mass is 10.4. The molecule has 0 saturated heterocycles. The van der Waals surface area contributed by atoms with Crippen LogP contribution in [0.5, 0.6) is 0 Å². The number of hydrogen-bond donors (Lipinski definition) is 1. The van der Waals surface area contributed by atoms with E-state index in [9.17, 15) is 0 Å². The van der Waals surface area contributed by atoms with Crippen LogP contribution in [0, 0.1) is 6.92 Å². The molecule has 1 heterocycles. The summed E-state index contributed by atoms with van der Waals surface area (Å²) in [5.74, 6) is 0. The molecule has 0 aromatic carbocycles. The first kappa shape index (κ1) is 9.26. The Kier molecular flexibility index (Phi) is 3.80. The standard InChI is InChI=1S/C9H17N3/c1-3-10-6-4-8-12-9(2)5-7-11-12/h5,7,10H,3-4,6,8H2,1-2H3. The van der Waals surface area contributed by atoms with Gasteiger partial charge in [-0.15, -0.1) is 0 Å². The fourth-order valence-electron chi connectivity index (χ4n) is 1.16. The second-order valence-corrected chi connectivity index (χ2v) is 2.90. The van der Waals surface area contributed by atoms with Gasteiger partial charge in [0, 0.05) is 18.4 Å². The Balaban J connectivity index is 2.20. The van der Waals surface area contributed by atoms with Gasteiger partial charge in [-0.2, -0.15) is 5.10 Å². The molecular weight excluding hydrogens is 150 g/mol. The van der Waals surface area contributed by atoms with Crippen molar-refractivity contribution in [3.63, 3.8) is 0 Å². The lowest BCUT2D eigenvalue weighted by Gasteiger charge is -2.04. The van der Waals surface area contributed by atoms with Crippen molar-refractivity contribution in [1.82, 2.24) is 15.1 Å². The Bertz CT molecular complexity index is 217. The predicted molar refractivity (Wildman–Crippen MR) is 50.1 cm³/mol. The second kappa shape index (κ2) is 4.93. The maximum atomic E-state index is 4.20. The van der Waals surface area contributed by atoms with Gasteiger partial charge in [0.15, 0.2) is 0 Å². The summed E-state index contributed by atoms with van der Waals surface area (Å²) in [7, 11) is 0. The Hall–Kier alpha value is -0.830. The first-order valence-corrected chi connectivity index (χ1v) is 4.53. The fourth-order valence-corrected chi connectivity index (χ4v) is 1.16. The van der Waals surface area contributed by atoms with Gasteiger partial charge in [0.05, 0.1) is 0 Å². The minimum Gasteiger partial charge on any atom is -0.317 e. The highest BCUT2D eigenvalue weighted by molar-refractivity contribution is 4.96. The van der Waals surface area contributed by atoms with Gasteiger partial charge < -0.3 is 5.32 Å². The molecule has 0 radical (unpaired) electrons. The number of aryl methyl sites for hydroxylation is 2. The lowest BCUT2D eigenvalue weighted by Crippen LogP contribution is -2.16. The van der Waals surface area contributed by atoms with Crippen LogP contribution in [0.2, 0.25) is 0 Å². The van der Waals surface area contributed by atoms with Crippen molar-refractivity contribution >= 4 is 0 Å². The number of nitrogens with zero attached hydrogens (tertiary/aromatic N) is 2. The van der Waals surface area contributed by atoms with E-state index in [1.807, 2.05) is 16.9 Å². The van der Waals surface area contributed by atoms with Crippen molar-refractivity contribution in [2.24, 2.45) is 0 Å². The summed E-state index contributed by atoms with van der Waals surface area (Å²) in [6.07, 6.45) is 3.00. The number of nitrogens with one attached hydrogen (secondary N) is 1. The van der Waals surface area contributed by atoms with Crippen LogP contribution >= 0.6 is 0 Å². The van der Waals surface area contributed by atoms with E-state index in [0.717, 1.165) is 26.1 Å². The summed E-state index contributed by atoms with van der Waals surface area (Å²) in [6, 6.07) is 2.03. The topological polar surface area (TPSA) is 29.9 Å². The number of hydrogen-bond acceptors (Lipinski definition) is 2. The van der Waals surface area contributed by atoms with Crippen LogP contribution in [-0.4, -0.2) is 22.9 Å². The molecule has 0 saturated carbocycles. The summed E-state index contributed by atoms with van der Waals surface area (Å²) >= 11 is 0. The van der Waals surface area contributed by atoms with Crippen LogP contribution in [0.25, 0.3) is 0 Å². The SMILES string of the molecule is CCNCCCn1nccc1C. The van der Waals surface area contributed by atoms with Crippen molar-refractivity contribution in [2.75, 3.05) is 13.1 Å². The van der Waals surface area contributed by atoms with Crippen LogP contribution in [-0.2, 0) is 6.54 Å².